The minimum atomic E-state index is -0.00277. The number of benzene rings is 1. The zero-order valence-corrected chi connectivity index (χ0v) is 12.3. The van der Waals surface area contributed by atoms with E-state index in [1.807, 2.05) is 12.1 Å². The normalized spacial score (nSPS) is 10.4. The van der Waals surface area contributed by atoms with E-state index in [1.54, 1.807) is 24.3 Å². The van der Waals surface area contributed by atoms with E-state index in [0.717, 1.165) is 18.6 Å². The zero-order valence-electron chi connectivity index (χ0n) is 10.7. The molecule has 0 saturated heterocycles. The molecule has 0 aliphatic rings. The summed E-state index contributed by atoms with van der Waals surface area (Å²) in [7, 11) is 0. The Morgan fingerprint density at radius 1 is 1.21 bits per heavy atom. The van der Waals surface area contributed by atoms with E-state index in [0.29, 0.717) is 21.4 Å². The van der Waals surface area contributed by atoms with Crippen LogP contribution in [0.2, 0.25) is 4.34 Å². The molecule has 2 aromatic rings. The van der Waals surface area contributed by atoms with E-state index in [9.17, 15) is 4.79 Å². The summed E-state index contributed by atoms with van der Waals surface area (Å²) in [6.07, 6.45) is 2.14. The second-order valence-corrected chi connectivity index (χ2v) is 5.87. The predicted octanol–water partition coefficient (Wildman–Crippen LogP) is 4.81. The topological polar surface area (TPSA) is 26.3 Å². The van der Waals surface area contributed by atoms with Gasteiger partial charge in [-0.3, -0.25) is 4.79 Å². The van der Waals surface area contributed by atoms with Crippen molar-refractivity contribution in [2.75, 3.05) is 6.61 Å². The van der Waals surface area contributed by atoms with Crippen molar-refractivity contribution in [3.63, 3.8) is 0 Å². The Labute approximate surface area is 122 Å². The van der Waals surface area contributed by atoms with Crippen molar-refractivity contribution in [3.8, 4) is 5.75 Å². The molecule has 0 aliphatic carbocycles. The van der Waals surface area contributed by atoms with Gasteiger partial charge in [-0.1, -0.05) is 24.9 Å². The Kier molecular flexibility index (Phi) is 5.00. The number of carbonyl (C=O) groups excluding carboxylic acids is 1. The lowest BCUT2D eigenvalue weighted by Crippen LogP contribution is -2.00. The summed E-state index contributed by atoms with van der Waals surface area (Å²) in [6, 6.07) is 10.7. The summed E-state index contributed by atoms with van der Waals surface area (Å²) in [6.45, 7) is 2.83. The third kappa shape index (κ3) is 3.82. The maximum absolute atomic E-state index is 12.1. The molecule has 0 aliphatic heterocycles. The Morgan fingerprint density at radius 2 is 1.95 bits per heavy atom. The molecule has 100 valence electrons. The number of ketones is 1. The second-order valence-electron chi connectivity index (χ2n) is 4.16. The molecule has 2 rings (SSSR count). The van der Waals surface area contributed by atoms with Gasteiger partial charge in [-0.25, -0.2) is 0 Å². The van der Waals surface area contributed by atoms with Crippen LogP contribution in [0.4, 0.5) is 0 Å². The van der Waals surface area contributed by atoms with Crippen molar-refractivity contribution in [2.24, 2.45) is 0 Å². The summed E-state index contributed by atoms with van der Waals surface area (Å²) in [5.41, 5.74) is 0.654. The highest BCUT2D eigenvalue weighted by Crippen LogP contribution is 2.24. The molecule has 0 bridgehead atoms. The van der Waals surface area contributed by atoms with Gasteiger partial charge in [0.25, 0.3) is 0 Å². The lowest BCUT2D eigenvalue weighted by molar-refractivity contribution is 0.104. The minimum absolute atomic E-state index is 0.00277. The quantitative estimate of drug-likeness (QED) is 0.564. The van der Waals surface area contributed by atoms with Gasteiger partial charge in [0.15, 0.2) is 0 Å². The molecule has 0 amide bonds. The van der Waals surface area contributed by atoms with Gasteiger partial charge in [0, 0.05) is 5.56 Å². The van der Waals surface area contributed by atoms with Gasteiger partial charge in [0.2, 0.25) is 5.78 Å². The number of hydrogen-bond donors (Lipinski definition) is 0. The van der Waals surface area contributed by atoms with Gasteiger partial charge < -0.3 is 4.74 Å². The first kappa shape index (κ1) is 14.1. The molecular formula is C15H15ClO2S. The first-order valence-corrected chi connectivity index (χ1v) is 7.43. The summed E-state index contributed by atoms with van der Waals surface area (Å²) < 4.78 is 6.19. The number of rotatable bonds is 6. The molecule has 0 atom stereocenters. The Bertz CT molecular complexity index is 546. The first-order chi connectivity index (χ1) is 9.20. The fourth-order valence-corrected chi connectivity index (χ4v) is 2.62. The average molecular weight is 295 g/mol. The van der Waals surface area contributed by atoms with Gasteiger partial charge in [-0.15, -0.1) is 11.3 Å². The maximum Gasteiger partial charge on any atom is 0.202 e. The molecule has 1 aromatic carbocycles. The number of hydrogen-bond acceptors (Lipinski definition) is 3. The van der Waals surface area contributed by atoms with E-state index < -0.39 is 0 Å². The van der Waals surface area contributed by atoms with Crippen molar-refractivity contribution >= 4 is 28.7 Å². The largest absolute Gasteiger partial charge is 0.494 e. The maximum atomic E-state index is 12.1. The van der Waals surface area contributed by atoms with Crippen molar-refractivity contribution in [1.82, 2.24) is 0 Å². The molecule has 0 radical (unpaired) electrons. The van der Waals surface area contributed by atoms with E-state index in [2.05, 4.69) is 6.92 Å². The Balaban J connectivity index is 2.03. The molecule has 19 heavy (non-hydrogen) atoms. The number of unbranched alkanes of at least 4 members (excludes halogenated alkanes) is 1. The smallest absolute Gasteiger partial charge is 0.202 e. The molecule has 1 heterocycles. The van der Waals surface area contributed by atoms with Crippen LogP contribution in [0.25, 0.3) is 0 Å². The number of thiophene rings is 1. The Hall–Kier alpha value is -1.32. The summed E-state index contributed by atoms with van der Waals surface area (Å²) in [5.74, 6) is 0.797. The summed E-state index contributed by atoms with van der Waals surface area (Å²) >= 11 is 7.13. The Morgan fingerprint density at radius 3 is 2.53 bits per heavy atom. The third-order valence-electron chi connectivity index (χ3n) is 2.68. The molecule has 0 unspecified atom stereocenters. The van der Waals surface area contributed by atoms with Gasteiger partial charge in [0.05, 0.1) is 15.8 Å². The van der Waals surface area contributed by atoms with Crippen LogP contribution in [0.5, 0.6) is 5.75 Å². The molecular weight excluding hydrogens is 280 g/mol. The average Bonchev–Trinajstić information content (AvgIpc) is 2.86. The molecule has 4 heteroatoms. The third-order valence-corrected chi connectivity index (χ3v) is 3.91. The van der Waals surface area contributed by atoms with Gasteiger partial charge in [-0.05, 0) is 42.8 Å². The summed E-state index contributed by atoms with van der Waals surface area (Å²) in [5, 5.41) is 0. The lowest BCUT2D eigenvalue weighted by Gasteiger charge is -2.05. The molecule has 0 saturated carbocycles. The molecule has 0 N–H and O–H groups in total. The van der Waals surface area contributed by atoms with Crippen LogP contribution in [0.15, 0.2) is 36.4 Å². The monoisotopic (exact) mass is 294 g/mol. The second kappa shape index (κ2) is 6.73. The molecule has 0 spiro atoms. The highest BCUT2D eigenvalue weighted by atomic mass is 35.5. The summed E-state index contributed by atoms with van der Waals surface area (Å²) in [4.78, 5) is 12.8. The van der Waals surface area contributed by atoms with Crippen LogP contribution in [0.1, 0.15) is 35.0 Å². The van der Waals surface area contributed by atoms with Crippen molar-refractivity contribution in [1.29, 1.82) is 0 Å². The van der Waals surface area contributed by atoms with Crippen LogP contribution >= 0.6 is 22.9 Å². The SMILES string of the molecule is CCCCOc1ccc(C(=O)c2ccc(Cl)s2)cc1. The van der Waals surface area contributed by atoms with Crippen molar-refractivity contribution in [3.05, 3.63) is 51.2 Å². The number of carbonyl (C=O) groups is 1. The van der Waals surface area contributed by atoms with E-state index in [4.69, 9.17) is 16.3 Å². The van der Waals surface area contributed by atoms with Crippen LogP contribution in [-0.2, 0) is 0 Å². The highest BCUT2D eigenvalue weighted by molar-refractivity contribution is 7.18. The molecule has 1 aromatic heterocycles. The first-order valence-electron chi connectivity index (χ1n) is 6.23. The van der Waals surface area contributed by atoms with Gasteiger partial charge in [0.1, 0.15) is 5.75 Å². The van der Waals surface area contributed by atoms with E-state index >= 15 is 0 Å². The van der Waals surface area contributed by atoms with E-state index in [-0.39, 0.29) is 5.78 Å². The van der Waals surface area contributed by atoms with Crippen LogP contribution < -0.4 is 4.74 Å². The van der Waals surface area contributed by atoms with Gasteiger partial charge in [-0.2, -0.15) is 0 Å². The van der Waals surface area contributed by atoms with Crippen molar-refractivity contribution in [2.45, 2.75) is 19.8 Å². The fourth-order valence-electron chi connectivity index (χ4n) is 1.62. The highest BCUT2D eigenvalue weighted by Gasteiger charge is 2.11. The standard InChI is InChI=1S/C15H15ClO2S/c1-2-3-10-18-12-6-4-11(5-7-12)15(17)13-8-9-14(16)19-13/h4-9H,2-3,10H2,1H3. The van der Waals surface area contributed by atoms with E-state index in [1.165, 1.54) is 11.3 Å². The molecule has 0 fully saturated rings. The van der Waals surface area contributed by atoms with Gasteiger partial charge >= 0.3 is 0 Å². The lowest BCUT2D eigenvalue weighted by atomic mass is 10.1. The zero-order chi connectivity index (χ0) is 13.7. The van der Waals surface area contributed by atoms with Crippen molar-refractivity contribution < 1.29 is 9.53 Å². The minimum Gasteiger partial charge on any atom is -0.494 e. The van der Waals surface area contributed by atoms with Crippen LogP contribution in [0, 0.1) is 0 Å². The number of ether oxygens (including phenoxy) is 1. The fraction of sp³-hybridized carbons (Fsp3) is 0.267. The number of halogens is 1. The predicted molar refractivity (Wildman–Crippen MR) is 79.6 cm³/mol. The molecule has 2 nitrogen and oxygen atoms in total. The van der Waals surface area contributed by atoms with Crippen LogP contribution in [0.3, 0.4) is 0 Å². The van der Waals surface area contributed by atoms with Crippen LogP contribution in [-0.4, -0.2) is 12.4 Å².